The third-order valence-corrected chi connectivity index (χ3v) is 6.02. The van der Waals surface area contributed by atoms with Gasteiger partial charge in [-0.3, -0.25) is 4.90 Å². The number of esters is 1. The number of ether oxygens (including phenoxy) is 2. The van der Waals surface area contributed by atoms with Crippen molar-refractivity contribution in [1.29, 1.82) is 0 Å². The molecule has 0 bridgehead atoms. The maximum atomic E-state index is 13.4. The Kier molecular flexibility index (Phi) is 7.32. The van der Waals surface area contributed by atoms with Gasteiger partial charge in [-0.15, -0.1) is 0 Å². The van der Waals surface area contributed by atoms with Crippen molar-refractivity contribution in [3.05, 3.63) is 71.2 Å². The van der Waals surface area contributed by atoms with Crippen LogP contribution in [0.3, 0.4) is 0 Å². The number of methoxy groups -OCH3 is 1. The molecular formula is C25H29FN4O4. The van der Waals surface area contributed by atoms with Crippen LogP contribution in [-0.4, -0.2) is 63.3 Å². The van der Waals surface area contributed by atoms with Gasteiger partial charge in [0, 0.05) is 38.4 Å². The van der Waals surface area contributed by atoms with Crippen LogP contribution in [0.25, 0.3) is 0 Å². The largest absolute Gasteiger partial charge is 0.492 e. The fourth-order valence-corrected chi connectivity index (χ4v) is 4.37. The predicted octanol–water partition coefficient (Wildman–Crippen LogP) is 2.83. The first-order valence-corrected chi connectivity index (χ1v) is 11.3. The SMILES string of the molecule is CCOc1ccccc1N1CCN(CC2=C(C(=O)OC)C(c3ccc(F)cc3)NC(=O)N2)CC1. The number of nitrogens with one attached hydrogen (secondary N) is 2. The number of carbonyl (C=O) groups is 2. The molecule has 2 aliphatic rings. The summed E-state index contributed by atoms with van der Waals surface area (Å²) in [7, 11) is 1.31. The van der Waals surface area contributed by atoms with Crippen molar-refractivity contribution in [3.63, 3.8) is 0 Å². The summed E-state index contributed by atoms with van der Waals surface area (Å²) in [5.74, 6) is -0.0698. The van der Waals surface area contributed by atoms with Crippen LogP contribution in [0.2, 0.25) is 0 Å². The summed E-state index contributed by atoms with van der Waals surface area (Å²) in [6, 6.07) is 12.6. The van der Waals surface area contributed by atoms with Gasteiger partial charge in [0.25, 0.3) is 0 Å². The van der Waals surface area contributed by atoms with Gasteiger partial charge in [-0.1, -0.05) is 24.3 Å². The van der Waals surface area contributed by atoms with Gasteiger partial charge in [0.2, 0.25) is 0 Å². The zero-order valence-corrected chi connectivity index (χ0v) is 19.3. The quantitative estimate of drug-likeness (QED) is 0.608. The first kappa shape index (κ1) is 23.6. The number of nitrogens with zero attached hydrogens (tertiary/aromatic N) is 2. The second-order valence-corrected chi connectivity index (χ2v) is 8.13. The van der Waals surface area contributed by atoms with E-state index in [0.29, 0.717) is 30.0 Å². The zero-order chi connectivity index (χ0) is 24.1. The van der Waals surface area contributed by atoms with Gasteiger partial charge in [-0.05, 0) is 36.8 Å². The van der Waals surface area contributed by atoms with E-state index >= 15 is 0 Å². The van der Waals surface area contributed by atoms with Gasteiger partial charge in [0.15, 0.2) is 0 Å². The van der Waals surface area contributed by atoms with Gasteiger partial charge in [-0.2, -0.15) is 0 Å². The Morgan fingerprint density at radius 1 is 1.09 bits per heavy atom. The van der Waals surface area contributed by atoms with E-state index < -0.39 is 23.9 Å². The van der Waals surface area contributed by atoms with E-state index in [0.717, 1.165) is 37.6 Å². The molecule has 1 atom stereocenters. The summed E-state index contributed by atoms with van der Waals surface area (Å²) in [6.07, 6.45) is 0. The van der Waals surface area contributed by atoms with Gasteiger partial charge in [0.1, 0.15) is 11.6 Å². The third kappa shape index (κ3) is 5.14. The van der Waals surface area contributed by atoms with Gasteiger partial charge in [0.05, 0.1) is 31.0 Å². The molecule has 1 unspecified atom stereocenters. The number of anilines is 1. The van der Waals surface area contributed by atoms with Crippen molar-refractivity contribution >= 4 is 17.7 Å². The summed E-state index contributed by atoms with van der Waals surface area (Å²) in [5.41, 5.74) is 2.47. The van der Waals surface area contributed by atoms with Crippen LogP contribution in [0.15, 0.2) is 59.8 Å². The number of para-hydroxylation sites is 2. The minimum absolute atomic E-state index is 0.317. The van der Waals surface area contributed by atoms with Crippen molar-refractivity contribution in [2.24, 2.45) is 0 Å². The number of benzene rings is 2. The molecule has 4 rings (SSSR count). The maximum absolute atomic E-state index is 13.4. The number of piperazine rings is 1. The molecule has 34 heavy (non-hydrogen) atoms. The molecule has 1 saturated heterocycles. The van der Waals surface area contributed by atoms with Crippen molar-refractivity contribution in [2.75, 3.05) is 51.3 Å². The number of rotatable bonds is 7. The predicted molar refractivity (Wildman–Crippen MR) is 126 cm³/mol. The Balaban J connectivity index is 1.53. The number of carbonyl (C=O) groups excluding carboxylic acids is 2. The van der Waals surface area contributed by atoms with Gasteiger partial charge < -0.3 is 25.0 Å². The van der Waals surface area contributed by atoms with E-state index in [2.05, 4.69) is 26.5 Å². The van der Waals surface area contributed by atoms with Crippen molar-refractivity contribution in [3.8, 4) is 5.75 Å². The van der Waals surface area contributed by atoms with E-state index in [4.69, 9.17) is 9.47 Å². The lowest BCUT2D eigenvalue weighted by Crippen LogP contribution is -2.51. The van der Waals surface area contributed by atoms with Gasteiger partial charge >= 0.3 is 12.0 Å². The molecule has 0 radical (unpaired) electrons. The minimum atomic E-state index is -0.726. The molecule has 2 aliphatic heterocycles. The smallest absolute Gasteiger partial charge is 0.338 e. The zero-order valence-electron chi connectivity index (χ0n) is 19.3. The first-order chi connectivity index (χ1) is 16.5. The average Bonchev–Trinajstić information content (AvgIpc) is 2.85. The summed E-state index contributed by atoms with van der Waals surface area (Å²) < 4.78 is 24.2. The van der Waals surface area contributed by atoms with Crippen LogP contribution in [0.5, 0.6) is 5.75 Å². The fraction of sp³-hybridized carbons (Fsp3) is 0.360. The van der Waals surface area contributed by atoms with E-state index in [-0.39, 0.29) is 0 Å². The molecule has 0 saturated carbocycles. The van der Waals surface area contributed by atoms with Crippen LogP contribution in [0.4, 0.5) is 14.9 Å². The highest BCUT2D eigenvalue weighted by molar-refractivity contribution is 5.95. The topological polar surface area (TPSA) is 83.1 Å². The van der Waals surface area contributed by atoms with E-state index in [1.165, 1.54) is 19.2 Å². The third-order valence-electron chi connectivity index (χ3n) is 6.02. The van der Waals surface area contributed by atoms with E-state index in [1.54, 1.807) is 12.1 Å². The molecule has 8 nitrogen and oxygen atoms in total. The highest BCUT2D eigenvalue weighted by atomic mass is 19.1. The molecule has 2 aromatic carbocycles. The molecule has 0 aromatic heterocycles. The second kappa shape index (κ2) is 10.6. The maximum Gasteiger partial charge on any atom is 0.338 e. The average molecular weight is 469 g/mol. The number of amides is 2. The molecule has 1 fully saturated rings. The molecule has 9 heteroatoms. The number of hydrogen-bond donors (Lipinski definition) is 2. The number of halogens is 1. The summed E-state index contributed by atoms with van der Waals surface area (Å²) in [6.45, 7) is 5.98. The Morgan fingerprint density at radius 3 is 2.47 bits per heavy atom. The monoisotopic (exact) mass is 468 g/mol. The van der Waals surface area contributed by atoms with Gasteiger partial charge in [-0.25, -0.2) is 14.0 Å². The summed E-state index contributed by atoms with van der Waals surface area (Å²) >= 11 is 0. The van der Waals surface area contributed by atoms with Crippen molar-refractivity contribution < 1.29 is 23.5 Å². The van der Waals surface area contributed by atoms with Crippen LogP contribution in [0.1, 0.15) is 18.5 Å². The number of urea groups is 1. The standard InChI is InChI=1S/C25H29FN4O4/c1-3-34-21-7-5-4-6-20(21)30-14-12-29(13-15-30)16-19-22(24(31)33-2)23(28-25(32)27-19)17-8-10-18(26)11-9-17/h4-11,23H,3,12-16H2,1-2H3,(H2,27,28,32). The number of hydrogen-bond acceptors (Lipinski definition) is 6. The van der Waals surface area contributed by atoms with Crippen molar-refractivity contribution in [2.45, 2.75) is 13.0 Å². The van der Waals surface area contributed by atoms with E-state index in [1.807, 2.05) is 25.1 Å². The van der Waals surface area contributed by atoms with Crippen LogP contribution >= 0.6 is 0 Å². The molecule has 2 aromatic rings. The lowest BCUT2D eigenvalue weighted by molar-refractivity contribution is -0.136. The van der Waals surface area contributed by atoms with Crippen LogP contribution in [-0.2, 0) is 9.53 Å². The molecule has 2 amide bonds. The highest BCUT2D eigenvalue weighted by Crippen LogP contribution is 2.30. The Labute approximate surface area is 198 Å². The molecular weight excluding hydrogens is 439 g/mol. The minimum Gasteiger partial charge on any atom is -0.492 e. The second-order valence-electron chi connectivity index (χ2n) is 8.13. The molecule has 2 heterocycles. The normalized spacial score (nSPS) is 18.9. The summed E-state index contributed by atoms with van der Waals surface area (Å²) in [4.78, 5) is 29.6. The lowest BCUT2D eigenvalue weighted by Gasteiger charge is -2.38. The van der Waals surface area contributed by atoms with E-state index in [9.17, 15) is 14.0 Å². The lowest BCUT2D eigenvalue weighted by atomic mass is 9.95. The molecule has 0 aliphatic carbocycles. The first-order valence-electron chi connectivity index (χ1n) is 11.3. The fourth-order valence-electron chi connectivity index (χ4n) is 4.37. The molecule has 0 spiro atoms. The summed E-state index contributed by atoms with van der Waals surface area (Å²) in [5, 5.41) is 5.55. The molecule has 2 N–H and O–H groups in total. The Bertz CT molecular complexity index is 1060. The van der Waals surface area contributed by atoms with Crippen molar-refractivity contribution in [1.82, 2.24) is 15.5 Å². The van der Waals surface area contributed by atoms with Crippen LogP contribution in [0, 0.1) is 5.82 Å². The highest BCUT2D eigenvalue weighted by Gasteiger charge is 2.34. The Morgan fingerprint density at radius 2 is 1.79 bits per heavy atom. The van der Waals surface area contributed by atoms with Crippen LogP contribution < -0.4 is 20.3 Å². The Hall–Kier alpha value is -3.59. The molecule has 180 valence electrons.